The summed E-state index contributed by atoms with van der Waals surface area (Å²) in [5, 5.41) is 7.95. The van der Waals surface area contributed by atoms with Crippen molar-refractivity contribution in [3.05, 3.63) is 58.6 Å². The fourth-order valence-electron chi connectivity index (χ4n) is 1.99. The summed E-state index contributed by atoms with van der Waals surface area (Å²) >= 11 is 1.61. The van der Waals surface area contributed by atoms with Crippen LogP contribution in [0.15, 0.2) is 51.7 Å². The normalized spacial score (nSPS) is 12.4. The van der Waals surface area contributed by atoms with Gasteiger partial charge >= 0.3 is 0 Å². The van der Waals surface area contributed by atoms with E-state index in [2.05, 4.69) is 22.3 Å². The Morgan fingerprint density at radius 3 is 2.80 bits per heavy atom. The first-order valence-corrected chi connectivity index (χ1v) is 7.43. The zero-order valence-electron chi connectivity index (χ0n) is 10.9. The highest BCUT2D eigenvalue weighted by Crippen LogP contribution is 2.22. The van der Waals surface area contributed by atoms with Gasteiger partial charge in [-0.1, -0.05) is 35.5 Å². The maximum atomic E-state index is 6.12. The summed E-state index contributed by atoms with van der Waals surface area (Å²) in [5.41, 5.74) is 8.35. The molecule has 0 spiro atoms. The standard InChI is InChI=1S/C15H15N3OS/c16-13(7-6-11-4-2-1-3-5-11)15-17-14(18-19-15)12-8-9-20-10-12/h1-5,8-10,13H,6-7,16H2/t13-/m0/s1. The van der Waals surface area contributed by atoms with Crippen molar-refractivity contribution in [2.75, 3.05) is 0 Å². The lowest BCUT2D eigenvalue weighted by molar-refractivity contribution is 0.349. The molecule has 5 heteroatoms. The summed E-state index contributed by atoms with van der Waals surface area (Å²) < 4.78 is 5.26. The minimum Gasteiger partial charge on any atom is -0.337 e. The summed E-state index contributed by atoms with van der Waals surface area (Å²) in [4.78, 5) is 4.37. The maximum Gasteiger partial charge on any atom is 0.243 e. The van der Waals surface area contributed by atoms with E-state index in [1.165, 1.54) is 5.56 Å². The Balaban J connectivity index is 1.64. The molecule has 2 heterocycles. The number of hydrogen-bond donors (Lipinski definition) is 1. The van der Waals surface area contributed by atoms with E-state index < -0.39 is 0 Å². The van der Waals surface area contributed by atoms with E-state index in [1.807, 2.05) is 35.0 Å². The number of nitrogens with zero attached hydrogens (tertiary/aromatic N) is 2. The molecule has 0 saturated carbocycles. The minimum absolute atomic E-state index is 0.227. The van der Waals surface area contributed by atoms with Gasteiger partial charge in [-0.2, -0.15) is 16.3 Å². The number of thiophene rings is 1. The van der Waals surface area contributed by atoms with Crippen LogP contribution in [0.1, 0.15) is 23.9 Å². The van der Waals surface area contributed by atoms with Crippen LogP contribution in [0.25, 0.3) is 11.4 Å². The van der Waals surface area contributed by atoms with Crippen LogP contribution in [0.5, 0.6) is 0 Å². The van der Waals surface area contributed by atoms with Crippen LogP contribution in [0.3, 0.4) is 0 Å². The van der Waals surface area contributed by atoms with Crippen LogP contribution in [-0.4, -0.2) is 10.1 Å². The molecule has 0 radical (unpaired) electrons. The van der Waals surface area contributed by atoms with E-state index in [4.69, 9.17) is 10.3 Å². The lowest BCUT2D eigenvalue weighted by Gasteiger charge is -2.06. The van der Waals surface area contributed by atoms with Crippen molar-refractivity contribution in [1.29, 1.82) is 0 Å². The van der Waals surface area contributed by atoms with E-state index in [0.29, 0.717) is 11.7 Å². The molecule has 2 N–H and O–H groups in total. The molecule has 2 aromatic heterocycles. The fraction of sp³-hybridized carbons (Fsp3) is 0.200. The molecule has 0 amide bonds. The highest BCUT2D eigenvalue weighted by atomic mass is 32.1. The predicted molar refractivity (Wildman–Crippen MR) is 79.3 cm³/mol. The second-order valence-electron chi connectivity index (χ2n) is 4.60. The molecule has 1 aromatic carbocycles. The quantitative estimate of drug-likeness (QED) is 0.780. The lowest BCUT2D eigenvalue weighted by atomic mass is 10.1. The summed E-state index contributed by atoms with van der Waals surface area (Å²) in [7, 11) is 0. The van der Waals surface area contributed by atoms with Gasteiger partial charge < -0.3 is 10.3 Å². The molecule has 3 rings (SSSR count). The van der Waals surface area contributed by atoms with Gasteiger partial charge in [0.1, 0.15) is 0 Å². The van der Waals surface area contributed by atoms with Gasteiger partial charge in [0.15, 0.2) is 0 Å². The Morgan fingerprint density at radius 1 is 1.20 bits per heavy atom. The van der Waals surface area contributed by atoms with E-state index in [-0.39, 0.29) is 6.04 Å². The Labute approximate surface area is 121 Å². The summed E-state index contributed by atoms with van der Waals surface area (Å²) in [5.74, 6) is 1.11. The molecule has 0 bridgehead atoms. The number of benzene rings is 1. The summed E-state index contributed by atoms with van der Waals surface area (Å²) in [6, 6.07) is 12.0. The first-order valence-electron chi connectivity index (χ1n) is 6.48. The fourth-order valence-corrected chi connectivity index (χ4v) is 2.62. The molecule has 3 aromatic rings. The monoisotopic (exact) mass is 285 g/mol. The minimum atomic E-state index is -0.227. The first-order chi connectivity index (χ1) is 9.83. The zero-order valence-corrected chi connectivity index (χ0v) is 11.7. The predicted octanol–water partition coefficient (Wildman–Crippen LogP) is 3.43. The second-order valence-corrected chi connectivity index (χ2v) is 5.38. The average Bonchev–Trinajstić information content (AvgIpc) is 3.16. The Hall–Kier alpha value is -1.98. The Kier molecular flexibility index (Phi) is 3.90. The van der Waals surface area contributed by atoms with E-state index in [9.17, 15) is 0 Å². The molecule has 0 aliphatic carbocycles. The topological polar surface area (TPSA) is 64.9 Å². The van der Waals surface area contributed by atoms with Gasteiger partial charge in [-0.05, 0) is 29.9 Å². The van der Waals surface area contributed by atoms with Gasteiger partial charge in [0.05, 0.1) is 6.04 Å². The number of nitrogens with two attached hydrogens (primary N) is 1. The number of hydrogen-bond acceptors (Lipinski definition) is 5. The maximum absolute atomic E-state index is 6.12. The Morgan fingerprint density at radius 2 is 2.05 bits per heavy atom. The number of rotatable bonds is 5. The third kappa shape index (κ3) is 2.95. The van der Waals surface area contributed by atoms with Crippen LogP contribution in [0, 0.1) is 0 Å². The SMILES string of the molecule is N[C@@H](CCc1ccccc1)c1nc(-c2ccsc2)no1. The van der Waals surface area contributed by atoms with Crippen molar-refractivity contribution in [3.63, 3.8) is 0 Å². The Bertz CT molecular complexity index is 649. The van der Waals surface area contributed by atoms with Gasteiger partial charge in [-0.25, -0.2) is 0 Å². The summed E-state index contributed by atoms with van der Waals surface area (Å²) in [6.45, 7) is 0. The molecule has 0 saturated heterocycles. The molecule has 0 aliphatic heterocycles. The number of aromatic nitrogens is 2. The highest BCUT2D eigenvalue weighted by Gasteiger charge is 2.15. The van der Waals surface area contributed by atoms with Crippen LogP contribution < -0.4 is 5.73 Å². The molecule has 1 atom stereocenters. The lowest BCUT2D eigenvalue weighted by Crippen LogP contribution is -2.11. The molecular weight excluding hydrogens is 270 g/mol. The zero-order chi connectivity index (χ0) is 13.8. The van der Waals surface area contributed by atoms with Crippen molar-refractivity contribution in [2.24, 2.45) is 5.73 Å². The van der Waals surface area contributed by atoms with Gasteiger partial charge in [-0.3, -0.25) is 0 Å². The molecule has 0 aliphatic rings. The first kappa shape index (κ1) is 13.0. The van der Waals surface area contributed by atoms with E-state index >= 15 is 0 Å². The van der Waals surface area contributed by atoms with E-state index in [1.54, 1.807) is 11.3 Å². The third-order valence-electron chi connectivity index (χ3n) is 3.13. The van der Waals surface area contributed by atoms with Crippen molar-refractivity contribution in [3.8, 4) is 11.4 Å². The van der Waals surface area contributed by atoms with Crippen molar-refractivity contribution in [1.82, 2.24) is 10.1 Å². The van der Waals surface area contributed by atoms with Crippen LogP contribution in [-0.2, 0) is 6.42 Å². The molecule has 102 valence electrons. The van der Waals surface area contributed by atoms with Crippen LogP contribution in [0.4, 0.5) is 0 Å². The molecule has 20 heavy (non-hydrogen) atoms. The number of aryl methyl sites for hydroxylation is 1. The van der Waals surface area contributed by atoms with Crippen LogP contribution in [0.2, 0.25) is 0 Å². The molecule has 0 unspecified atom stereocenters. The third-order valence-corrected chi connectivity index (χ3v) is 3.81. The van der Waals surface area contributed by atoms with Gasteiger partial charge in [0, 0.05) is 10.9 Å². The van der Waals surface area contributed by atoms with Crippen molar-refractivity contribution >= 4 is 11.3 Å². The highest BCUT2D eigenvalue weighted by molar-refractivity contribution is 7.08. The van der Waals surface area contributed by atoms with Gasteiger partial charge in [0.25, 0.3) is 0 Å². The van der Waals surface area contributed by atoms with E-state index in [0.717, 1.165) is 18.4 Å². The molecule has 4 nitrogen and oxygen atoms in total. The molecular formula is C15H15N3OS. The van der Waals surface area contributed by atoms with Gasteiger partial charge in [0.2, 0.25) is 11.7 Å². The smallest absolute Gasteiger partial charge is 0.243 e. The van der Waals surface area contributed by atoms with Crippen LogP contribution >= 0.6 is 11.3 Å². The molecule has 0 fully saturated rings. The summed E-state index contributed by atoms with van der Waals surface area (Å²) in [6.07, 6.45) is 1.69. The van der Waals surface area contributed by atoms with Crippen molar-refractivity contribution < 1.29 is 4.52 Å². The largest absolute Gasteiger partial charge is 0.337 e. The van der Waals surface area contributed by atoms with Gasteiger partial charge in [-0.15, -0.1) is 0 Å². The average molecular weight is 285 g/mol. The second kappa shape index (κ2) is 5.98. The van der Waals surface area contributed by atoms with Crippen molar-refractivity contribution in [2.45, 2.75) is 18.9 Å².